The number of nitro benzene ring substituents is 1. The van der Waals surface area contributed by atoms with Gasteiger partial charge in [-0.1, -0.05) is 48.5 Å². The van der Waals surface area contributed by atoms with Crippen LogP contribution in [0.15, 0.2) is 72.8 Å². The van der Waals surface area contributed by atoms with Crippen molar-refractivity contribution >= 4 is 27.5 Å². The van der Waals surface area contributed by atoms with E-state index in [0.29, 0.717) is 6.61 Å². The summed E-state index contributed by atoms with van der Waals surface area (Å²) >= 11 is 0. The molecule has 3 aromatic carbocycles. The van der Waals surface area contributed by atoms with Gasteiger partial charge in [0.2, 0.25) is 0 Å². The Kier molecular flexibility index (Phi) is 4.14. The number of hydrogen-bond acceptors (Lipinski definition) is 3. The lowest BCUT2D eigenvalue weighted by atomic mass is 10.1. The fourth-order valence-corrected chi connectivity index (χ4v) is 3.48. The largest absolute Gasteiger partial charge is 0.354 e. The van der Waals surface area contributed by atoms with Crippen LogP contribution >= 0.6 is 0 Å². The van der Waals surface area contributed by atoms with Gasteiger partial charge in [-0.2, -0.15) is 0 Å². The molecule has 4 rings (SSSR count). The van der Waals surface area contributed by atoms with E-state index in [4.69, 9.17) is 4.74 Å². The van der Waals surface area contributed by atoms with E-state index < -0.39 is 6.23 Å². The van der Waals surface area contributed by atoms with Gasteiger partial charge < -0.3 is 9.30 Å². The fraction of sp³-hybridized carbons (Fsp3) is 0.143. The van der Waals surface area contributed by atoms with Gasteiger partial charge in [0.15, 0.2) is 6.23 Å². The van der Waals surface area contributed by atoms with E-state index in [1.165, 1.54) is 6.07 Å². The zero-order valence-corrected chi connectivity index (χ0v) is 14.3. The van der Waals surface area contributed by atoms with Crippen LogP contribution in [0.25, 0.3) is 21.8 Å². The van der Waals surface area contributed by atoms with Crippen LogP contribution in [0.5, 0.6) is 0 Å². The highest BCUT2D eigenvalue weighted by Crippen LogP contribution is 2.35. The van der Waals surface area contributed by atoms with E-state index in [9.17, 15) is 10.1 Å². The second-order valence-electron chi connectivity index (χ2n) is 6.06. The maximum atomic E-state index is 11.2. The highest BCUT2D eigenvalue weighted by atomic mass is 16.6. The van der Waals surface area contributed by atoms with Crippen LogP contribution < -0.4 is 0 Å². The van der Waals surface area contributed by atoms with E-state index in [1.807, 2.05) is 37.3 Å². The standard InChI is InChI=1S/C21H18N2O3/c1-2-26-21(15-8-7-9-16(14-15)23(24)25)22-19-12-5-3-10-17(19)18-11-4-6-13-20(18)22/h3-14,21H,2H2,1H3/t21-/m0/s1. The lowest BCUT2D eigenvalue weighted by Gasteiger charge is -2.21. The van der Waals surface area contributed by atoms with Crippen molar-refractivity contribution in [3.8, 4) is 0 Å². The van der Waals surface area contributed by atoms with Gasteiger partial charge in [-0.3, -0.25) is 10.1 Å². The Morgan fingerprint density at radius 3 is 2.15 bits per heavy atom. The van der Waals surface area contributed by atoms with Crippen LogP contribution in [0.3, 0.4) is 0 Å². The topological polar surface area (TPSA) is 57.3 Å². The van der Waals surface area contributed by atoms with Crippen molar-refractivity contribution in [3.05, 3.63) is 88.5 Å². The molecule has 4 aromatic rings. The number of ether oxygens (including phenoxy) is 1. The van der Waals surface area contributed by atoms with Crippen molar-refractivity contribution < 1.29 is 9.66 Å². The van der Waals surface area contributed by atoms with Gasteiger partial charge in [0.1, 0.15) is 0 Å². The number of para-hydroxylation sites is 2. The molecule has 1 atom stereocenters. The van der Waals surface area contributed by atoms with Crippen molar-refractivity contribution in [2.75, 3.05) is 6.61 Å². The number of rotatable bonds is 5. The third-order valence-electron chi connectivity index (χ3n) is 4.54. The van der Waals surface area contributed by atoms with Gasteiger partial charge in [-0.15, -0.1) is 0 Å². The lowest BCUT2D eigenvalue weighted by molar-refractivity contribution is -0.385. The number of fused-ring (bicyclic) bond motifs is 3. The van der Waals surface area contributed by atoms with Crippen molar-refractivity contribution in [1.29, 1.82) is 0 Å². The molecule has 0 bridgehead atoms. The molecule has 0 radical (unpaired) electrons. The maximum Gasteiger partial charge on any atom is 0.269 e. The molecule has 0 aliphatic carbocycles. The molecule has 0 fully saturated rings. The number of nitrogens with zero attached hydrogens (tertiary/aromatic N) is 2. The number of non-ortho nitro benzene ring substituents is 1. The number of nitro groups is 1. The molecule has 5 nitrogen and oxygen atoms in total. The van der Waals surface area contributed by atoms with E-state index >= 15 is 0 Å². The lowest BCUT2D eigenvalue weighted by Crippen LogP contribution is -2.14. The number of hydrogen-bond donors (Lipinski definition) is 0. The summed E-state index contributed by atoms with van der Waals surface area (Å²) in [7, 11) is 0. The first-order valence-electron chi connectivity index (χ1n) is 8.54. The zero-order valence-electron chi connectivity index (χ0n) is 14.3. The van der Waals surface area contributed by atoms with Crippen LogP contribution in [-0.4, -0.2) is 16.1 Å². The van der Waals surface area contributed by atoms with Crippen molar-refractivity contribution in [3.63, 3.8) is 0 Å². The van der Waals surface area contributed by atoms with Gasteiger partial charge in [0.25, 0.3) is 5.69 Å². The average Bonchev–Trinajstić information content (AvgIpc) is 3.01. The van der Waals surface area contributed by atoms with Crippen molar-refractivity contribution in [2.45, 2.75) is 13.2 Å². The quantitative estimate of drug-likeness (QED) is 0.364. The number of aromatic nitrogens is 1. The molecule has 0 aliphatic rings. The summed E-state index contributed by atoms with van der Waals surface area (Å²) in [5, 5.41) is 13.5. The predicted molar refractivity (Wildman–Crippen MR) is 102 cm³/mol. The Morgan fingerprint density at radius 1 is 0.962 bits per heavy atom. The SMILES string of the molecule is CCO[C@@H](c1cccc([N+](=O)[O-])c1)n1c2ccccc2c2ccccc21. The Labute approximate surface area is 150 Å². The van der Waals surface area contributed by atoms with Gasteiger partial charge in [0.05, 0.1) is 16.0 Å². The Hall–Kier alpha value is -3.18. The first-order chi connectivity index (χ1) is 12.7. The highest BCUT2D eigenvalue weighted by molar-refractivity contribution is 6.08. The summed E-state index contributed by atoms with van der Waals surface area (Å²) < 4.78 is 8.18. The number of benzene rings is 3. The molecule has 0 amide bonds. The Bertz CT molecular complexity index is 1050. The summed E-state index contributed by atoms with van der Waals surface area (Å²) in [6.07, 6.45) is -0.440. The molecular formula is C21H18N2O3. The van der Waals surface area contributed by atoms with Crippen LogP contribution in [-0.2, 0) is 4.74 Å². The molecule has 1 heterocycles. The average molecular weight is 346 g/mol. The van der Waals surface area contributed by atoms with Crippen LogP contribution in [0, 0.1) is 10.1 Å². The second kappa shape index (κ2) is 6.61. The summed E-state index contributed by atoms with van der Waals surface area (Å²) in [4.78, 5) is 10.8. The predicted octanol–water partition coefficient (Wildman–Crippen LogP) is 5.29. The Morgan fingerprint density at radius 2 is 1.58 bits per heavy atom. The zero-order chi connectivity index (χ0) is 18.1. The van der Waals surface area contributed by atoms with Crippen LogP contribution in [0.2, 0.25) is 0 Å². The highest BCUT2D eigenvalue weighted by Gasteiger charge is 2.21. The molecule has 0 spiro atoms. The summed E-state index contributed by atoms with van der Waals surface area (Å²) in [5.41, 5.74) is 2.90. The maximum absolute atomic E-state index is 11.2. The normalized spacial score (nSPS) is 12.5. The molecule has 0 unspecified atom stereocenters. The Balaban J connectivity index is 2.00. The van der Waals surface area contributed by atoms with Gasteiger partial charge in [-0.25, -0.2) is 0 Å². The van der Waals surface area contributed by atoms with Crippen LogP contribution in [0.4, 0.5) is 5.69 Å². The second-order valence-corrected chi connectivity index (χ2v) is 6.06. The monoisotopic (exact) mass is 346 g/mol. The molecule has 26 heavy (non-hydrogen) atoms. The van der Waals surface area contributed by atoms with E-state index in [1.54, 1.807) is 12.1 Å². The van der Waals surface area contributed by atoms with Crippen molar-refractivity contribution in [2.24, 2.45) is 0 Å². The van der Waals surface area contributed by atoms with Gasteiger partial charge in [-0.05, 0) is 19.1 Å². The first-order valence-corrected chi connectivity index (χ1v) is 8.54. The van der Waals surface area contributed by atoms with E-state index in [2.05, 4.69) is 28.8 Å². The molecule has 5 heteroatoms. The molecule has 130 valence electrons. The molecule has 0 saturated carbocycles. The molecule has 0 saturated heterocycles. The smallest absolute Gasteiger partial charge is 0.269 e. The summed E-state index contributed by atoms with van der Waals surface area (Å²) in [6.45, 7) is 2.42. The molecular weight excluding hydrogens is 328 g/mol. The third-order valence-corrected chi connectivity index (χ3v) is 4.54. The van der Waals surface area contributed by atoms with Gasteiger partial charge >= 0.3 is 0 Å². The molecule has 0 aliphatic heterocycles. The minimum Gasteiger partial charge on any atom is -0.354 e. The fourth-order valence-electron chi connectivity index (χ4n) is 3.48. The molecule has 1 aromatic heterocycles. The minimum atomic E-state index is -0.440. The van der Waals surface area contributed by atoms with E-state index in [-0.39, 0.29) is 10.6 Å². The third kappa shape index (κ3) is 2.62. The summed E-state index contributed by atoms with van der Waals surface area (Å²) in [5.74, 6) is 0. The van der Waals surface area contributed by atoms with Crippen molar-refractivity contribution in [1.82, 2.24) is 4.57 Å². The van der Waals surface area contributed by atoms with Crippen LogP contribution in [0.1, 0.15) is 18.7 Å². The summed E-state index contributed by atoms with van der Waals surface area (Å²) in [6, 6.07) is 23.0. The molecule has 0 N–H and O–H groups in total. The first kappa shape index (κ1) is 16.3. The minimum absolute atomic E-state index is 0.0629. The van der Waals surface area contributed by atoms with Gasteiger partial charge in [0, 0.05) is 35.1 Å². The van der Waals surface area contributed by atoms with E-state index in [0.717, 1.165) is 27.4 Å².